The number of hydrogen-bond acceptors (Lipinski definition) is 8. The number of aryl methyl sites for hydroxylation is 2. The standard InChI is InChI=1S/C24H28N8O2/c1-17-13-21(24(33)29-9-11-34-12-10-29)27-28-23(17)30-8-4-20-18(16-30)14-19(15-25-20)31-6-2-7-32-22(31)3-5-26-32/h3,5,13-15H,2,4,6-12,16H2,1H3. The molecule has 176 valence electrons. The van der Waals surface area contributed by atoms with Crippen molar-refractivity contribution >= 4 is 23.2 Å². The average Bonchev–Trinajstić information content (AvgIpc) is 3.37. The normalized spacial score (nSPS) is 18.0. The fourth-order valence-electron chi connectivity index (χ4n) is 5.05. The molecule has 34 heavy (non-hydrogen) atoms. The van der Waals surface area contributed by atoms with Crippen LogP contribution in [0.5, 0.6) is 0 Å². The summed E-state index contributed by atoms with van der Waals surface area (Å²) in [6.45, 7) is 7.77. The number of pyridine rings is 1. The summed E-state index contributed by atoms with van der Waals surface area (Å²) in [4.78, 5) is 23.9. The molecule has 3 aromatic rings. The highest BCUT2D eigenvalue weighted by Gasteiger charge is 2.26. The van der Waals surface area contributed by atoms with Crippen molar-refractivity contribution in [3.63, 3.8) is 0 Å². The number of carbonyl (C=O) groups is 1. The Hall–Kier alpha value is -3.53. The number of aromatic nitrogens is 5. The van der Waals surface area contributed by atoms with Gasteiger partial charge in [0, 0.05) is 57.4 Å². The number of nitrogens with zero attached hydrogens (tertiary/aromatic N) is 8. The van der Waals surface area contributed by atoms with E-state index >= 15 is 0 Å². The molecular weight excluding hydrogens is 432 g/mol. The maximum Gasteiger partial charge on any atom is 0.274 e. The van der Waals surface area contributed by atoms with Gasteiger partial charge in [-0.15, -0.1) is 10.2 Å². The van der Waals surface area contributed by atoms with Crippen molar-refractivity contribution in [2.75, 3.05) is 49.2 Å². The van der Waals surface area contributed by atoms with Gasteiger partial charge in [0.15, 0.2) is 11.5 Å². The van der Waals surface area contributed by atoms with Crippen molar-refractivity contribution < 1.29 is 9.53 Å². The summed E-state index contributed by atoms with van der Waals surface area (Å²) in [5.74, 6) is 1.86. The number of anilines is 3. The predicted molar refractivity (Wildman–Crippen MR) is 126 cm³/mol. The van der Waals surface area contributed by atoms with E-state index in [0.717, 1.165) is 67.6 Å². The number of morpholine rings is 1. The van der Waals surface area contributed by atoms with Crippen LogP contribution in [-0.4, -0.2) is 75.2 Å². The molecule has 3 aliphatic heterocycles. The van der Waals surface area contributed by atoms with Crippen molar-refractivity contribution in [1.29, 1.82) is 0 Å². The van der Waals surface area contributed by atoms with E-state index in [4.69, 9.17) is 9.72 Å². The number of amides is 1. The average molecular weight is 461 g/mol. The number of ether oxygens (including phenoxy) is 1. The molecule has 6 heterocycles. The SMILES string of the molecule is Cc1cc(C(=O)N2CCOCC2)nnc1N1CCc2ncc(N3CCCn4nccc43)cc2C1. The molecule has 0 aliphatic carbocycles. The Labute approximate surface area is 198 Å². The van der Waals surface area contributed by atoms with E-state index in [1.165, 1.54) is 5.56 Å². The van der Waals surface area contributed by atoms with Crippen LogP contribution in [0.4, 0.5) is 17.3 Å². The summed E-state index contributed by atoms with van der Waals surface area (Å²) in [5, 5.41) is 13.2. The van der Waals surface area contributed by atoms with E-state index in [-0.39, 0.29) is 5.91 Å². The first-order valence-electron chi connectivity index (χ1n) is 11.9. The van der Waals surface area contributed by atoms with Gasteiger partial charge in [-0.05, 0) is 36.6 Å². The van der Waals surface area contributed by atoms with Gasteiger partial charge >= 0.3 is 0 Å². The smallest absolute Gasteiger partial charge is 0.274 e. The molecule has 3 aliphatic rings. The number of carbonyl (C=O) groups excluding carboxylic acids is 1. The highest BCUT2D eigenvalue weighted by molar-refractivity contribution is 5.92. The minimum absolute atomic E-state index is 0.0796. The van der Waals surface area contributed by atoms with E-state index in [2.05, 4.69) is 37.2 Å². The maximum absolute atomic E-state index is 12.8. The molecule has 0 unspecified atom stereocenters. The lowest BCUT2D eigenvalue weighted by atomic mass is 10.0. The predicted octanol–water partition coefficient (Wildman–Crippen LogP) is 1.95. The van der Waals surface area contributed by atoms with Crippen molar-refractivity contribution in [3.8, 4) is 0 Å². The molecule has 6 rings (SSSR count). The van der Waals surface area contributed by atoms with Crippen LogP contribution >= 0.6 is 0 Å². The highest BCUT2D eigenvalue weighted by Crippen LogP contribution is 2.32. The van der Waals surface area contributed by atoms with Gasteiger partial charge in [-0.2, -0.15) is 5.10 Å². The molecule has 0 radical (unpaired) electrons. The summed E-state index contributed by atoms with van der Waals surface area (Å²) in [7, 11) is 0. The van der Waals surface area contributed by atoms with Gasteiger partial charge in [0.1, 0.15) is 5.82 Å². The lowest BCUT2D eigenvalue weighted by molar-refractivity contribution is 0.0298. The minimum atomic E-state index is -0.0796. The van der Waals surface area contributed by atoms with Crippen LogP contribution in [0.3, 0.4) is 0 Å². The van der Waals surface area contributed by atoms with Crippen molar-refractivity contribution in [2.45, 2.75) is 32.9 Å². The third-order valence-corrected chi connectivity index (χ3v) is 6.83. The molecule has 0 saturated carbocycles. The molecule has 1 saturated heterocycles. The quantitative estimate of drug-likeness (QED) is 0.586. The molecule has 0 spiro atoms. The first kappa shape index (κ1) is 21.0. The zero-order valence-corrected chi connectivity index (χ0v) is 19.4. The van der Waals surface area contributed by atoms with Gasteiger partial charge < -0.3 is 19.4 Å². The van der Waals surface area contributed by atoms with Gasteiger partial charge in [-0.25, -0.2) is 4.68 Å². The van der Waals surface area contributed by atoms with Crippen LogP contribution in [-0.2, 0) is 24.2 Å². The van der Waals surface area contributed by atoms with Gasteiger partial charge in [-0.3, -0.25) is 9.78 Å². The van der Waals surface area contributed by atoms with E-state index in [9.17, 15) is 4.79 Å². The second-order valence-electron chi connectivity index (χ2n) is 9.03. The zero-order valence-electron chi connectivity index (χ0n) is 19.4. The van der Waals surface area contributed by atoms with Crippen molar-refractivity contribution in [3.05, 3.63) is 53.1 Å². The van der Waals surface area contributed by atoms with Crippen LogP contribution in [0, 0.1) is 6.92 Å². The van der Waals surface area contributed by atoms with E-state index < -0.39 is 0 Å². The van der Waals surface area contributed by atoms with Crippen LogP contribution in [0.2, 0.25) is 0 Å². The van der Waals surface area contributed by atoms with Gasteiger partial charge in [0.2, 0.25) is 0 Å². The molecule has 1 fully saturated rings. The Morgan fingerprint density at radius 1 is 1.06 bits per heavy atom. The molecule has 0 N–H and O–H groups in total. The lowest BCUT2D eigenvalue weighted by Crippen LogP contribution is -2.41. The first-order chi connectivity index (χ1) is 16.7. The number of fused-ring (bicyclic) bond motifs is 2. The molecule has 3 aromatic heterocycles. The van der Waals surface area contributed by atoms with Gasteiger partial charge in [-0.1, -0.05) is 0 Å². The third-order valence-electron chi connectivity index (χ3n) is 6.83. The lowest BCUT2D eigenvalue weighted by Gasteiger charge is -2.33. The molecule has 0 aromatic carbocycles. The van der Waals surface area contributed by atoms with Crippen LogP contribution in [0.25, 0.3) is 0 Å². The summed E-state index contributed by atoms with van der Waals surface area (Å²) in [6, 6.07) is 6.17. The molecular formula is C24H28N8O2. The summed E-state index contributed by atoms with van der Waals surface area (Å²) >= 11 is 0. The van der Waals surface area contributed by atoms with E-state index in [1.807, 2.05) is 30.1 Å². The Kier molecular flexibility index (Phi) is 5.37. The summed E-state index contributed by atoms with van der Waals surface area (Å²) < 4.78 is 7.40. The highest BCUT2D eigenvalue weighted by atomic mass is 16.5. The Morgan fingerprint density at radius 3 is 2.79 bits per heavy atom. The Bertz CT molecular complexity index is 1220. The third kappa shape index (κ3) is 3.77. The second-order valence-corrected chi connectivity index (χ2v) is 9.03. The zero-order chi connectivity index (χ0) is 23.1. The van der Waals surface area contributed by atoms with Crippen LogP contribution in [0.15, 0.2) is 30.6 Å². The Morgan fingerprint density at radius 2 is 1.94 bits per heavy atom. The fourth-order valence-corrected chi connectivity index (χ4v) is 5.05. The maximum atomic E-state index is 12.8. The molecule has 0 atom stereocenters. The first-order valence-corrected chi connectivity index (χ1v) is 11.9. The topological polar surface area (TPSA) is 92.5 Å². The summed E-state index contributed by atoms with van der Waals surface area (Å²) in [5.41, 5.74) is 4.78. The van der Waals surface area contributed by atoms with Crippen molar-refractivity contribution in [2.24, 2.45) is 0 Å². The minimum Gasteiger partial charge on any atom is -0.378 e. The van der Waals surface area contributed by atoms with Gasteiger partial charge in [0.25, 0.3) is 5.91 Å². The Balaban J connectivity index is 1.22. The monoisotopic (exact) mass is 460 g/mol. The molecule has 10 nitrogen and oxygen atoms in total. The van der Waals surface area contributed by atoms with Crippen molar-refractivity contribution in [1.82, 2.24) is 29.9 Å². The van der Waals surface area contributed by atoms with Crippen LogP contribution in [0.1, 0.15) is 33.7 Å². The molecule has 1 amide bonds. The fraction of sp³-hybridized carbons (Fsp3) is 0.458. The molecule has 10 heteroatoms. The largest absolute Gasteiger partial charge is 0.378 e. The number of rotatable bonds is 3. The second kappa shape index (κ2) is 8.68. The number of hydrogen-bond donors (Lipinski definition) is 0. The van der Waals surface area contributed by atoms with Gasteiger partial charge in [0.05, 0.1) is 31.3 Å². The molecule has 0 bridgehead atoms. The van der Waals surface area contributed by atoms with E-state index in [1.54, 1.807) is 4.90 Å². The summed E-state index contributed by atoms with van der Waals surface area (Å²) in [6.07, 6.45) is 5.75. The van der Waals surface area contributed by atoms with Crippen LogP contribution < -0.4 is 9.80 Å². The van der Waals surface area contributed by atoms with E-state index in [0.29, 0.717) is 32.0 Å².